The summed E-state index contributed by atoms with van der Waals surface area (Å²) < 4.78 is 5.29. The van der Waals surface area contributed by atoms with Crippen molar-refractivity contribution in [2.45, 2.75) is 45.2 Å². The van der Waals surface area contributed by atoms with Gasteiger partial charge in [0.2, 0.25) is 5.91 Å². The summed E-state index contributed by atoms with van der Waals surface area (Å²) in [5, 5.41) is 3.23. The van der Waals surface area contributed by atoms with Crippen LogP contribution in [0.25, 0.3) is 0 Å². The molecule has 1 rings (SSSR count). The molecule has 4 heteroatoms. The number of nitrogens with one attached hydrogen (secondary N) is 1. The smallest absolute Gasteiger partial charge is 0.236 e. The Balaban J connectivity index is 2.29. The van der Waals surface area contributed by atoms with Gasteiger partial charge in [0.15, 0.2) is 0 Å². The van der Waals surface area contributed by atoms with Gasteiger partial charge in [-0.1, -0.05) is 6.92 Å². The van der Waals surface area contributed by atoms with Crippen LogP contribution in [0.2, 0.25) is 0 Å². The molecule has 0 aromatic rings. The molecule has 1 aliphatic rings. The predicted molar refractivity (Wildman–Crippen MR) is 64.4 cm³/mol. The van der Waals surface area contributed by atoms with Gasteiger partial charge >= 0.3 is 0 Å². The van der Waals surface area contributed by atoms with E-state index in [2.05, 4.69) is 19.2 Å². The van der Waals surface area contributed by atoms with E-state index in [0.29, 0.717) is 18.6 Å². The summed E-state index contributed by atoms with van der Waals surface area (Å²) in [7, 11) is 1.90. The van der Waals surface area contributed by atoms with Gasteiger partial charge in [0.1, 0.15) is 0 Å². The lowest BCUT2D eigenvalue weighted by Crippen LogP contribution is -2.45. The van der Waals surface area contributed by atoms with Gasteiger partial charge in [-0.3, -0.25) is 4.79 Å². The third kappa shape index (κ3) is 4.10. The first-order valence-corrected chi connectivity index (χ1v) is 6.22. The van der Waals surface area contributed by atoms with Crippen LogP contribution in [-0.2, 0) is 9.53 Å². The number of amides is 1. The highest BCUT2D eigenvalue weighted by Crippen LogP contribution is 2.12. The molecule has 94 valence electrons. The summed E-state index contributed by atoms with van der Waals surface area (Å²) in [5.41, 5.74) is 0. The number of rotatable bonds is 5. The normalized spacial score (nSPS) is 19.4. The molecule has 0 aromatic heterocycles. The molecule has 0 aliphatic carbocycles. The molecule has 1 heterocycles. The fourth-order valence-corrected chi connectivity index (χ4v) is 1.81. The van der Waals surface area contributed by atoms with Gasteiger partial charge in [0.25, 0.3) is 0 Å². The van der Waals surface area contributed by atoms with Crippen molar-refractivity contribution in [1.29, 1.82) is 0 Å². The lowest BCUT2D eigenvalue weighted by molar-refractivity contribution is -0.132. The van der Waals surface area contributed by atoms with Gasteiger partial charge < -0.3 is 15.0 Å². The van der Waals surface area contributed by atoms with Crippen molar-refractivity contribution in [1.82, 2.24) is 10.2 Å². The van der Waals surface area contributed by atoms with Crippen molar-refractivity contribution in [3.63, 3.8) is 0 Å². The molecule has 0 aromatic carbocycles. The first-order valence-electron chi connectivity index (χ1n) is 6.22. The third-order valence-electron chi connectivity index (χ3n) is 3.35. The van der Waals surface area contributed by atoms with E-state index in [-0.39, 0.29) is 5.91 Å². The molecule has 0 spiro atoms. The lowest BCUT2D eigenvalue weighted by atomic mass is 10.1. The highest BCUT2D eigenvalue weighted by Gasteiger charge is 2.22. The largest absolute Gasteiger partial charge is 0.381 e. The van der Waals surface area contributed by atoms with Crippen molar-refractivity contribution in [2.75, 3.05) is 26.8 Å². The number of likely N-dealkylation sites (N-methyl/N-ethyl adjacent to an activating group) is 1. The summed E-state index contributed by atoms with van der Waals surface area (Å²) in [6.45, 7) is 6.22. The fourth-order valence-electron chi connectivity index (χ4n) is 1.81. The van der Waals surface area contributed by atoms with Crippen molar-refractivity contribution in [3.8, 4) is 0 Å². The minimum absolute atomic E-state index is 0.187. The Hall–Kier alpha value is -0.610. The minimum Gasteiger partial charge on any atom is -0.381 e. The minimum atomic E-state index is 0.187. The number of carbonyl (C=O) groups excluding carboxylic acids is 1. The van der Waals surface area contributed by atoms with E-state index in [0.717, 1.165) is 32.5 Å². The Bertz CT molecular complexity index is 215. The zero-order chi connectivity index (χ0) is 12.0. The first-order chi connectivity index (χ1) is 7.65. The Morgan fingerprint density at radius 2 is 2.12 bits per heavy atom. The van der Waals surface area contributed by atoms with Gasteiger partial charge in [-0.2, -0.15) is 0 Å². The maximum Gasteiger partial charge on any atom is 0.236 e. The third-order valence-corrected chi connectivity index (χ3v) is 3.35. The van der Waals surface area contributed by atoms with Crippen molar-refractivity contribution >= 4 is 5.91 Å². The lowest BCUT2D eigenvalue weighted by Gasteiger charge is -2.31. The number of carbonyl (C=O) groups is 1. The maximum absolute atomic E-state index is 11.9. The number of hydrogen-bond donors (Lipinski definition) is 1. The monoisotopic (exact) mass is 228 g/mol. The molecule has 1 saturated heterocycles. The molecule has 4 nitrogen and oxygen atoms in total. The molecule has 1 aliphatic heterocycles. The van der Waals surface area contributed by atoms with Crippen molar-refractivity contribution in [2.24, 2.45) is 0 Å². The number of ether oxygens (including phenoxy) is 1. The molecule has 1 atom stereocenters. The molecule has 0 bridgehead atoms. The molecule has 0 radical (unpaired) electrons. The number of nitrogens with zero attached hydrogens (tertiary/aromatic N) is 1. The molecular weight excluding hydrogens is 204 g/mol. The van der Waals surface area contributed by atoms with Crippen LogP contribution in [0.4, 0.5) is 0 Å². The number of hydrogen-bond acceptors (Lipinski definition) is 3. The average Bonchev–Trinajstić information content (AvgIpc) is 2.35. The second-order valence-corrected chi connectivity index (χ2v) is 4.54. The summed E-state index contributed by atoms with van der Waals surface area (Å²) >= 11 is 0. The Morgan fingerprint density at radius 3 is 2.69 bits per heavy atom. The summed E-state index contributed by atoms with van der Waals surface area (Å²) in [6, 6.07) is 0.770. The highest BCUT2D eigenvalue weighted by molar-refractivity contribution is 5.78. The SMILES string of the molecule is CCC(C)NCC(=O)N(C)C1CCOCC1. The maximum atomic E-state index is 11.9. The van der Waals surface area contributed by atoms with Crippen LogP contribution in [0.1, 0.15) is 33.1 Å². The van der Waals surface area contributed by atoms with E-state index in [9.17, 15) is 4.79 Å². The van der Waals surface area contributed by atoms with Gasteiger partial charge in [0, 0.05) is 32.3 Å². The zero-order valence-corrected chi connectivity index (χ0v) is 10.7. The molecular formula is C12H24N2O2. The summed E-state index contributed by atoms with van der Waals surface area (Å²) in [4.78, 5) is 13.8. The van der Waals surface area contributed by atoms with E-state index in [1.54, 1.807) is 0 Å². The second-order valence-electron chi connectivity index (χ2n) is 4.54. The predicted octanol–water partition coefficient (Wildman–Crippen LogP) is 1.01. The molecule has 1 unspecified atom stereocenters. The van der Waals surface area contributed by atoms with Crippen LogP contribution in [0, 0.1) is 0 Å². The molecule has 1 N–H and O–H groups in total. The first kappa shape index (κ1) is 13.5. The Morgan fingerprint density at radius 1 is 1.50 bits per heavy atom. The molecule has 0 saturated carbocycles. The van der Waals surface area contributed by atoms with Gasteiger partial charge in [-0.25, -0.2) is 0 Å². The quantitative estimate of drug-likeness (QED) is 0.763. The molecule has 16 heavy (non-hydrogen) atoms. The van der Waals surface area contributed by atoms with E-state index >= 15 is 0 Å². The van der Waals surface area contributed by atoms with Crippen LogP contribution in [0.3, 0.4) is 0 Å². The van der Waals surface area contributed by atoms with Crippen LogP contribution < -0.4 is 5.32 Å². The molecule has 1 amide bonds. The summed E-state index contributed by atoms with van der Waals surface area (Å²) in [6.07, 6.45) is 2.98. The van der Waals surface area contributed by atoms with E-state index in [4.69, 9.17) is 4.74 Å². The second kappa shape index (κ2) is 6.86. The van der Waals surface area contributed by atoms with E-state index in [1.165, 1.54) is 0 Å². The fraction of sp³-hybridized carbons (Fsp3) is 0.917. The zero-order valence-electron chi connectivity index (χ0n) is 10.7. The van der Waals surface area contributed by atoms with Crippen LogP contribution >= 0.6 is 0 Å². The van der Waals surface area contributed by atoms with Gasteiger partial charge in [-0.05, 0) is 26.2 Å². The van der Waals surface area contributed by atoms with Gasteiger partial charge in [0.05, 0.1) is 6.54 Å². The Labute approximate surface area is 98.3 Å². The average molecular weight is 228 g/mol. The topological polar surface area (TPSA) is 41.6 Å². The van der Waals surface area contributed by atoms with E-state index < -0.39 is 0 Å². The van der Waals surface area contributed by atoms with Crippen LogP contribution in [0.5, 0.6) is 0 Å². The van der Waals surface area contributed by atoms with Crippen molar-refractivity contribution < 1.29 is 9.53 Å². The van der Waals surface area contributed by atoms with Gasteiger partial charge in [-0.15, -0.1) is 0 Å². The standard InChI is InChI=1S/C12H24N2O2/c1-4-10(2)13-9-12(15)14(3)11-5-7-16-8-6-11/h10-11,13H,4-9H2,1-3H3. The Kier molecular flexibility index (Phi) is 5.77. The highest BCUT2D eigenvalue weighted by atomic mass is 16.5. The van der Waals surface area contributed by atoms with Crippen molar-refractivity contribution in [3.05, 3.63) is 0 Å². The van der Waals surface area contributed by atoms with E-state index in [1.807, 2.05) is 11.9 Å². The van der Waals surface area contributed by atoms with Crippen LogP contribution in [0.15, 0.2) is 0 Å². The van der Waals surface area contributed by atoms with Crippen LogP contribution in [-0.4, -0.2) is 49.7 Å². The summed E-state index contributed by atoms with van der Waals surface area (Å²) in [5.74, 6) is 0.187. The molecule has 1 fully saturated rings.